The summed E-state index contributed by atoms with van der Waals surface area (Å²) in [7, 11) is -2.35. The van der Waals surface area contributed by atoms with Crippen LogP contribution in [0.3, 0.4) is 0 Å². The van der Waals surface area contributed by atoms with Crippen molar-refractivity contribution >= 4 is 15.8 Å². The molecule has 0 fully saturated rings. The van der Waals surface area contributed by atoms with E-state index < -0.39 is 15.8 Å². The normalized spacial score (nSPS) is 12.6. The number of carboxylic acids is 1. The van der Waals surface area contributed by atoms with Crippen molar-refractivity contribution in [3.63, 3.8) is 0 Å². The Hall–Kier alpha value is -3.10. The lowest BCUT2D eigenvalue weighted by molar-refractivity contribution is 0.0693. The summed E-state index contributed by atoms with van der Waals surface area (Å²) in [6.45, 7) is 7.54. The number of hydrogen-bond acceptors (Lipinski definition) is 6. The fraction of sp³-hybridized carbons (Fsp3) is 0.346. The molecule has 3 aromatic rings. The Morgan fingerprint density at radius 3 is 2.29 bits per heavy atom. The summed E-state index contributed by atoms with van der Waals surface area (Å²) in [6.07, 6.45) is 3.62. The highest BCUT2D eigenvalue weighted by Gasteiger charge is 2.31. The second-order valence-electron chi connectivity index (χ2n) is 7.93. The smallest absolute Gasteiger partial charge is 0.339 e. The van der Waals surface area contributed by atoms with E-state index in [1.807, 2.05) is 20.8 Å². The molecule has 0 aliphatic heterocycles. The summed E-state index contributed by atoms with van der Waals surface area (Å²) in [5, 5.41) is 10.0. The molecule has 2 aromatic carbocycles. The third-order valence-corrected chi connectivity index (χ3v) is 7.76. The van der Waals surface area contributed by atoms with E-state index in [1.165, 1.54) is 19.6 Å². The molecule has 7 nitrogen and oxygen atoms in total. The van der Waals surface area contributed by atoms with E-state index in [2.05, 4.69) is 4.90 Å². The first-order valence-corrected chi connectivity index (χ1v) is 13.0. The second-order valence-corrected chi connectivity index (χ2v) is 9.92. The second kappa shape index (κ2) is 10.9. The quantitative estimate of drug-likeness (QED) is 0.387. The van der Waals surface area contributed by atoms with Gasteiger partial charge in [-0.05, 0) is 54.9 Å². The molecule has 0 bridgehead atoms. The van der Waals surface area contributed by atoms with Gasteiger partial charge in [0.25, 0.3) is 0 Å². The average Bonchev–Trinajstić information content (AvgIpc) is 3.37. The first-order valence-electron chi connectivity index (χ1n) is 11.3. The minimum atomic E-state index is -3.74. The van der Waals surface area contributed by atoms with Crippen molar-refractivity contribution < 1.29 is 27.5 Å². The van der Waals surface area contributed by atoms with E-state index in [9.17, 15) is 18.3 Å². The van der Waals surface area contributed by atoms with Gasteiger partial charge < -0.3 is 14.3 Å². The topological polar surface area (TPSA) is 97.0 Å². The molecule has 1 atom stereocenters. The Morgan fingerprint density at radius 2 is 1.79 bits per heavy atom. The Bertz CT molecular complexity index is 1220. The van der Waals surface area contributed by atoms with Gasteiger partial charge in [-0.2, -0.15) is 0 Å². The Balaban J connectivity index is 2.41. The minimum Gasteiger partial charge on any atom is -0.495 e. The maximum atomic E-state index is 13.5. The van der Waals surface area contributed by atoms with Gasteiger partial charge in [-0.3, -0.25) is 4.90 Å². The predicted octanol–water partition coefficient (Wildman–Crippen LogP) is 5.42. The summed E-state index contributed by atoms with van der Waals surface area (Å²) >= 11 is 0. The highest BCUT2D eigenvalue weighted by atomic mass is 32.2. The van der Waals surface area contributed by atoms with Gasteiger partial charge in [0.15, 0.2) is 9.84 Å². The van der Waals surface area contributed by atoms with Crippen LogP contribution >= 0.6 is 0 Å². The Kier molecular flexibility index (Phi) is 8.17. The molecule has 1 N–H and O–H groups in total. The van der Waals surface area contributed by atoms with Gasteiger partial charge in [-0.1, -0.05) is 39.0 Å². The molecule has 1 aromatic heterocycles. The molecule has 0 radical (unpaired) electrons. The molecule has 1 heterocycles. The van der Waals surface area contributed by atoms with Gasteiger partial charge in [0.2, 0.25) is 0 Å². The number of ether oxygens (including phenoxy) is 1. The van der Waals surface area contributed by atoms with Crippen molar-refractivity contribution in [3.05, 3.63) is 71.7 Å². The van der Waals surface area contributed by atoms with Crippen LogP contribution in [0.2, 0.25) is 0 Å². The largest absolute Gasteiger partial charge is 0.495 e. The summed E-state index contributed by atoms with van der Waals surface area (Å²) in [4.78, 5) is 14.7. The Morgan fingerprint density at radius 1 is 1.12 bits per heavy atom. The molecular formula is C26H31NO6S. The van der Waals surface area contributed by atoms with Gasteiger partial charge in [0.1, 0.15) is 11.3 Å². The van der Waals surface area contributed by atoms with Crippen LogP contribution < -0.4 is 4.74 Å². The summed E-state index contributed by atoms with van der Waals surface area (Å²) in [5.74, 6) is -1.33. The average molecular weight is 486 g/mol. The number of benzene rings is 2. The number of furan rings is 1. The molecule has 3 rings (SSSR count). The lowest BCUT2D eigenvalue weighted by atomic mass is 9.88. The van der Waals surface area contributed by atoms with Crippen molar-refractivity contribution in [1.82, 2.24) is 4.90 Å². The zero-order chi connectivity index (χ0) is 24.9. The maximum Gasteiger partial charge on any atom is 0.339 e. The first kappa shape index (κ1) is 25.5. The van der Waals surface area contributed by atoms with Gasteiger partial charge in [-0.25, -0.2) is 13.2 Å². The number of carboxylic acid groups (broad SMARTS) is 1. The number of methoxy groups -OCH3 is 1. The van der Waals surface area contributed by atoms with E-state index in [4.69, 9.17) is 9.15 Å². The first-order chi connectivity index (χ1) is 16.3. The van der Waals surface area contributed by atoms with Crippen LogP contribution in [-0.2, 0) is 15.6 Å². The standard InChI is InChI=1S/C26H31NO6S/c1-5-23(27(6-2)7-3)20-15-21(26(28)29)25(32-4)24(18-13-14-33-16-18)22(20)17-34(30,31)19-11-9-8-10-12-19/h8-16,23H,5-7,17H2,1-4H3,(H,28,29). The third-order valence-electron chi connectivity index (χ3n) is 6.10. The van der Waals surface area contributed by atoms with Gasteiger partial charge in [0, 0.05) is 17.2 Å². The molecule has 1 unspecified atom stereocenters. The van der Waals surface area contributed by atoms with Gasteiger partial charge in [-0.15, -0.1) is 0 Å². The van der Waals surface area contributed by atoms with E-state index in [1.54, 1.807) is 42.5 Å². The van der Waals surface area contributed by atoms with Crippen LogP contribution in [0.25, 0.3) is 11.1 Å². The lowest BCUT2D eigenvalue weighted by Gasteiger charge is -2.32. The molecule has 0 aliphatic rings. The SMILES string of the molecule is CCC(c1cc(C(=O)O)c(OC)c(-c2ccoc2)c1CS(=O)(=O)c1ccccc1)N(CC)CC. The fourth-order valence-corrected chi connectivity index (χ4v) is 5.93. The maximum absolute atomic E-state index is 13.5. The number of aromatic carboxylic acids is 1. The highest BCUT2D eigenvalue weighted by Crippen LogP contribution is 2.43. The van der Waals surface area contributed by atoms with E-state index in [0.717, 1.165) is 13.1 Å². The molecule has 0 spiro atoms. The van der Waals surface area contributed by atoms with Crippen molar-refractivity contribution in [2.45, 2.75) is 43.9 Å². The summed E-state index contributed by atoms with van der Waals surface area (Å²) < 4.78 is 37.9. The molecule has 34 heavy (non-hydrogen) atoms. The molecule has 8 heteroatoms. The molecule has 0 saturated heterocycles. The zero-order valence-electron chi connectivity index (χ0n) is 19.9. The highest BCUT2D eigenvalue weighted by molar-refractivity contribution is 7.90. The zero-order valence-corrected chi connectivity index (χ0v) is 20.8. The number of nitrogens with zero attached hydrogens (tertiary/aromatic N) is 1. The fourth-order valence-electron chi connectivity index (χ4n) is 4.50. The molecule has 0 saturated carbocycles. The number of sulfone groups is 1. The van der Waals surface area contributed by atoms with Crippen LogP contribution in [0.1, 0.15) is 54.7 Å². The number of carbonyl (C=O) groups is 1. The molecular weight excluding hydrogens is 454 g/mol. The van der Waals surface area contributed by atoms with Gasteiger partial charge >= 0.3 is 5.97 Å². The van der Waals surface area contributed by atoms with Crippen molar-refractivity contribution in [2.24, 2.45) is 0 Å². The van der Waals surface area contributed by atoms with Crippen LogP contribution in [0.15, 0.2) is 64.3 Å². The lowest BCUT2D eigenvalue weighted by Crippen LogP contribution is -2.29. The molecule has 0 amide bonds. The number of hydrogen-bond donors (Lipinski definition) is 1. The minimum absolute atomic E-state index is 0.0137. The molecule has 0 aliphatic carbocycles. The monoisotopic (exact) mass is 485 g/mol. The van der Waals surface area contributed by atoms with Gasteiger partial charge in [0.05, 0.1) is 30.3 Å². The van der Waals surface area contributed by atoms with Crippen molar-refractivity contribution in [2.75, 3.05) is 20.2 Å². The van der Waals surface area contributed by atoms with Crippen LogP contribution in [-0.4, -0.2) is 44.6 Å². The van der Waals surface area contributed by atoms with Crippen LogP contribution in [0.5, 0.6) is 5.75 Å². The number of rotatable bonds is 11. The van der Waals surface area contributed by atoms with Crippen LogP contribution in [0, 0.1) is 0 Å². The Labute approximate surface area is 200 Å². The van der Waals surface area contributed by atoms with E-state index >= 15 is 0 Å². The van der Waals surface area contributed by atoms with Crippen molar-refractivity contribution in [1.29, 1.82) is 0 Å². The van der Waals surface area contributed by atoms with Crippen LogP contribution in [0.4, 0.5) is 0 Å². The van der Waals surface area contributed by atoms with E-state index in [0.29, 0.717) is 28.7 Å². The summed E-state index contributed by atoms with van der Waals surface area (Å²) in [6, 6.07) is 11.4. The summed E-state index contributed by atoms with van der Waals surface area (Å²) in [5.41, 5.74) is 2.16. The predicted molar refractivity (Wildman–Crippen MR) is 131 cm³/mol. The molecule has 182 valence electrons. The van der Waals surface area contributed by atoms with Crippen molar-refractivity contribution in [3.8, 4) is 16.9 Å². The third kappa shape index (κ3) is 5.03. The van der Waals surface area contributed by atoms with E-state index in [-0.39, 0.29) is 28.0 Å².